The van der Waals surface area contributed by atoms with Crippen LogP contribution < -0.4 is 22.9 Å². The van der Waals surface area contributed by atoms with Gasteiger partial charge in [0.25, 0.3) is 0 Å². The molecule has 21 heavy (non-hydrogen) atoms. The molecule has 0 bridgehead atoms. The molecule has 0 saturated carbocycles. The maximum Gasteiger partial charge on any atom is 0.00105 e. The van der Waals surface area contributed by atoms with E-state index in [2.05, 4.69) is 13.8 Å². The third-order valence-electron chi connectivity index (χ3n) is 3.67. The van der Waals surface area contributed by atoms with E-state index in [4.69, 9.17) is 22.9 Å². The average Bonchev–Trinajstić information content (AvgIpc) is 2.47. The van der Waals surface area contributed by atoms with Crippen LogP contribution in [0.3, 0.4) is 0 Å². The summed E-state index contributed by atoms with van der Waals surface area (Å²) in [6.45, 7) is 6.85. The van der Waals surface area contributed by atoms with Crippen LogP contribution in [0.2, 0.25) is 0 Å². The molecule has 0 spiro atoms. The van der Waals surface area contributed by atoms with E-state index in [1.54, 1.807) is 0 Å². The van der Waals surface area contributed by atoms with Gasteiger partial charge in [0, 0.05) is 6.04 Å². The van der Waals surface area contributed by atoms with Crippen molar-refractivity contribution in [2.45, 2.75) is 84.1 Å². The van der Waals surface area contributed by atoms with Gasteiger partial charge in [-0.2, -0.15) is 0 Å². The van der Waals surface area contributed by atoms with Crippen LogP contribution in [0.15, 0.2) is 0 Å². The van der Waals surface area contributed by atoms with Gasteiger partial charge >= 0.3 is 0 Å². The van der Waals surface area contributed by atoms with Crippen molar-refractivity contribution >= 4 is 0 Å². The second kappa shape index (κ2) is 19.8. The maximum absolute atomic E-state index is 5.64. The molecular formula is C17H42N4. The summed E-state index contributed by atoms with van der Waals surface area (Å²) in [6.07, 6.45) is 12.4. The topological polar surface area (TPSA) is 104 Å². The van der Waals surface area contributed by atoms with Crippen LogP contribution >= 0.6 is 0 Å². The first-order valence-electron chi connectivity index (χ1n) is 8.94. The number of nitrogens with two attached hydrogens (primary N) is 4. The molecule has 4 nitrogen and oxygen atoms in total. The molecule has 0 saturated heterocycles. The minimum Gasteiger partial charge on any atom is -0.330 e. The zero-order valence-corrected chi connectivity index (χ0v) is 14.7. The summed E-state index contributed by atoms with van der Waals surface area (Å²) in [5.41, 5.74) is 21.8. The molecule has 0 aliphatic rings. The molecule has 4 heteroatoms. The molecule has 0 aromatic rings. The SMILES string of the molecule is CC(N)CCC(C)CCCN.NCCCCCCCCN. The minimum absolute atomic E-state index is 0.357. The van der Waals surface area contributed by atoms with E-state index in [0.717, 1.165) is 38.4 Å². The monoisotopic (exact) mass is 302 g/mol. The largest absolute Gasteiger partial charge is 0.330 e. The molecule has 0 aromatic heterocycles. The summed E-state index contributed by atoms with van der Waals surface area (Å²) in [4.78, 5) is 0. The zero-order chi connectivity index (χ0) is 16.3. The molecule has 2 atom stereocenters. The number of rotatable bonds is 13. The van der Waals surface area contributed by atoms with Gasteiger partial charge < -0.3 is 22.9 Å². The molecular weight excluding hydrogens is 260 g/mol. The second-order valence-corrected chi connectivity index (χ2v) is 6.29. The summed E-state index contributed by atoms with van der Waals surface area (Å²) in [5.74, 6) is 0.796. The third-order valence-corrected chi connectivity index (χ3v) is 3.67. The molecule has 0 heterocycles. The zero-order valence-electron chi connectivity index (χ0n) is 14.7. The second-order valence-electron chi connectivity index (χ2n) is 6.29. The van der Waals surface area contributed by atoms with Crippen molar-refractivity contribution in [2.75, 3.05) is 19.6 Å². The van der Waals surface area contributed by atoms with E-state index in [-0.39, 0.29) is 0 Å². The molecule has 130 valence electrons. The van der Waals surface area contributed by atoms with Crippen molar-refractivity contribution in [3.63, 3.8) is 0 Å². The van der Waals surface area contributed by atoms with Crippen molar-refractivity contribution in [1.82, 2.24) is 0 Å². The summed E-state index contributed by atoms with van der Waals surface area (Å²) in [6, 6.07) is 0.357. The first-order valence-corrected chi connectivity index (χ1v) is 8.94. The Labute approximate surface area is 133 Å². The summed E-state index contributed by atoms with van der Waals surface area (Å²) < 4.78 is 0. The van der Waals surface area contributed by atoms with E-state index < -0.39 is 0 Å². The molecule has 2 unspecified atom stereocenters. The van der Waals surface area contributed by atoms with Crippen LogP contribution in [-0.4, -0.2) is 25.7 Å². The molecule has 0 fully saturated rings. The lowest BCUT2D eigenvalue weighted by Gasteiger charge is -2.11. The third kappa shape index (κ3) is 25.2. The minimum atomic E-state index is 0.357. The number of hydrogen-bond donors (Lipinski definition) is 4. The van der Waals surface area contributed by atoms with Crippen LogP contribution in [0.4, 0.5) is 0 Å². The Kier molecular flexibility index (Phi) is 21.8. The lowest BCUT2D eigenvalue weighted by atomic mass is 9.98. The normalized spacial score (nSPS) is 13.4. The summed E-state index contributed by atoms with van der Waals surface area (Å²) in [5, 5.41) is 0. The highest BCUT2D eigenvalue weighted by Gasteiger charge is 2.02. The van der Waals surface area contributed by atoms with E-state index in [0.29, 0.717) is 6.04 Å². The van der Waals surface area contributed by atoms with Gasteiger partial charge in [-0.05, 0) is 71.0 Å². The molecule has 8 N–H and O–H groups in total. The Morgan fingerprint density at radius 1 is 0.571 bits per heavy atom. The Hall–Kier alpha value is -0.160. The fourth-order valence-corrected chi connectivity index (χ4v) is 2.15. The molecule has 0 aromatic carbocycles. The first-order chi connectivity index (χ1) is 10.1. The molecule has 0 amide bonds. The molecule has 0 rings (SSSR count). The first kappa shape index (κ1) is 23.1. The van der Waals surface area contributed by atoms with Gasteiger partial charge in [0.2, 0.25) is 0 Å². The van der Waals surface area contributed by atoms with Gasteiger partial charge in [-0.25, -0.2) is 0 Å². The lowest BCUT2D eigenvalue weighted by molar-refractivity contribution is 0.443. The molecule has 0 aliphatic carbocycles. The van der Waals surface area contributed by atoms with Crippen molar-refractivity contribution in [3.8, 4) is 0 Å². The van der Waals surface area contributed by atoms with Gasteiger partial charge in [0.1, 0.15) is 0 Å². The highest BCUT2D eigenvalue weighted by molar-refractivity contribution is 4.59. The number of unbranched alkanes of at least 4 members (excludes halogenated alkanes) is 5. The van der Waals surface area contributed by atoms with Crippen molar-refractivity contribution in [3.05, 3.63) is 0 Å². The van der Waals surface area contributed by atoms with Gasteiger partial charge in [-0.1, -0.05) is 32.6 Å². The predicted octanol–water partition coefficient (Wildman–Crippen LogP) is 2.73. The Balaban J connectivity index is 0. The fraction of sp³-hybridized carbons (Fsp3) is 1.00. The Morgan fingerprint density at radius 2 is 1.00 bits per heavy atom. The standard InChI is InChI=1S/C9H22N2.C8H20N2/c1-8(4-3-7-10)5-6-9(2)11;9-7-5-3-1-2-4-6-8-10/h8-9H,3-7,10-11H2,1-2H3;1-10H2. The lowest BCUT2D eigenvalue weighted by Crippen LogP contribution is -2.15. The predicted molar refractivity (Wildman–Crippen MR) is 96.1 cm³/mol. The summed E-state index contributed by atoms with van der Waals surface area (Å²) in [7, 11) is 0. The van der Waals surface area contributed by atoms with Crippen LogP contribution in [0.25, 0.3) is 0 Å². The Morgan fingerprint density at radius 3 is 1.38 bits per heavy atom. The van der Waals surface area contributed by atoms with E-state index in [9.17, 15) is 0 Å². The van der Waals surface area contributed by atoms with Crippen molar-refractivity contribution in [2.24, 2.45) is 28.9 Å². The average molecular weight is 303 g/mol. The maximum atomic E-state index is 5.64. The fourth-order valence-electron chi connectivity index (χ4n) is 2.15. The van der Waals surface area contributed by atoms with Gasteiger partial charge in [-0.3, -0.25) is 0 Å². The van der Waals surface area contributed by atoms with Crippen LogP contribution in [0.5, 0.6) is 0 Å². The van der Waals surface area contributed by atoms with Gasteiger partial charge in [0.05, 0.1) is 0 Å². The van der Waals surface area contributed by atoms with Gasteiger partial charge in [-0.15, -0.1) is 0 Å². The smallest absolute Gasteiger partial charge is 0.00105 e. The number of hydrogen-bond acceptors (Lipinski definition) is 4. The molecule has 0 radical (unpaired) electrons. The van der Waals surface area contributed by atoms with E-state index >= 15 is 0 Å². The van der Waals surface area contributed by atoms with Crippen LogP contribution in [0.1, 0.15) is 78.1 Å². The van der Waals surface area contributed by atoms with Crippen molar-refractivity contribution < 1.29 is 0 Å². The van der Waals surface area contributed by atoms with Gasteiger partial charge in [0.15, 0.2) is 0 Å². The van der Waals surface area contributed by atoms with E-state index in [1.165, 1.54) is 51.4 Å². The van der Waals surface area contributed by atoms with Crippen molar-refractivity contribution in [1.29, 1.82) is 0 Å². The van der Waals surface area contributed by atoms with E-state index in [1.807, 2.05) is 0 Å². The highest BCUT2D eigenvalue weighted by Crippen LogP contribution is 2.12. The highest BCUT2D eigenvalue weighted by atomic mass is 14.6. The van der Waals surface area contributed by atoms with Crippen LogP contribution in [0, 0.1) is 5.92 Å². The Bertz CT molecular complexity index is 166. The molecule has 0 aliphatic heterocycles. The van der Waals surface area contributed by atoms with Crippen LogP contribution in [-0.2, 0) is 0 Å². The quantitative estimate of drug-likeness (QED) is 0.393. The summed E-state index contributed by atoms with van der Waals surface area (Å²) >= 11 is 0.